The highest BCUT2D eigenvalue weighted by Crippen LogP contribution is 2.18. The van der Waals surface area contributed by atoms with E-state index in [-0.39, 0.29) is 5.91 Å². The Labute approximate surface area is 142 Å². The van der Waals surface area contributed by atoms with Crippen LogP contribution in [0.3, 0.4) is 0 Å². The van der Waals surface area contributed by atoms with Gasteiger partial charge in [-0.05, 0) is 42.5 Å². The Kier molecular flexibility index (Phi) is 4.68. The van der Waals surface area contributed by atoms with Crippen molar-refractivity contribution in [3.05, 3.63) is 83.1 Å². The molecule has 114 valence electrons. The monoisotopic (exact) mass is 367 g/mol. The van der Waals surface area contributed by atoms with Crippen molar-refractivity contribution in [2.45, 2.75) is 0 Å². The number of amides is 1. The van der Waals surface area contributed by atoms with Crippen molar-refractivity contribution in [1.29, 1.82) is 0 Å². The molecule has 3 rings (SSSR count). The molecule has 2 aromatic carbocycles. The molecule has 0 atom stereocenters. The number of nitrogens with zero attached hydrogens (tertiary/aromatic N) is 1. The smallest absolute Gasteiger partial charge is 0.274 e. The third-order valence-electron chi connectivity index (χ3n) is 3.14. The van der Waals surface area contributed by atoms with Crippen LogP contribution in [0, 0.1) is 0 Å². The number of pyridine rings is 1. The second-order valence-corrected chi connectivity index (χ2v) is 5.80. The van der Waals surface area contributed by atoms with E-state index in [1.54, 1.807) is 12.3 Å². The van der Waals surface area contributed by atoms with Gasteiger partial charge in [-0.15, -0.1) is 0 Å². The average molecular weight is 368 g/mol. The number of hydrogen-bond acceptors (Lipinski definition) is 3. The zero-order valence-electron chi connectivity index (χ0n) is 12.2. The van der Waals surface area contributed by atoms with E-state index < -0.39 is 0 Å². The van der Waals surface area contributed by atoms with Crippen LogP contribution in [0.15, 0.2) is 77.4 Å². The van der Waals surface area contributed by atoms with Gasteiger partial charge in [-0.3, -0.25) is 9.78 Å². The first-order chi connectivity index (χ1) is 11.2. The van der Waals surface area contributed by atoms with Crippen molar-refractivity contribution in [1.82, 2.24) is 4.98 Å². The van der Waals surface area contributed by atoms with Gasteiger partial charge in [0.05, 0.1) is 0 Å². The maximum Gasteiger partial charge on any atom is 0.274 e. The van der Waals surface area contributed by atoms with Gasteiger partial charge in [0.25, 0.3) is 5.91 Å². The number of carbonyl (C=O) groups excluding carboxylic acids is 1. The van der Waals surface area contributed by atoms with Crippen LogP contribution in [0.5, 0.6) is 0 Å². The zero-order valence-corrected chi connectivity index (χ0v) is 13.7. The van der Waals surface area contributed by atoms with Crippen molar-refractivity contribution in [3.63, 3.8) is 0 Å². The topological polar surface area (TPSA) is 54.0 Å². The fraction of sp³-hybridized carbons (Fsp3) is 0. The van der Waals surface area contributed by atoms with Gasteiger partial charge in [0.2, 0.25) is 0 Å². The second kappa shape index (κ2) is 7.07. The molecular formula is C18H14BrN3O. The van der Waals surface area contributed by atoms with E-state index in [0.29, 0.717) is 11.4 Å². The molecule has 23 heavy (non-hydrogen) atoms. The maximum absolute atomic E-state index is 12.3. The summed E-state index contributed by atoms with van der Waals surface area (Å²) in [5.74, 6) is -0.250. The summed E-state index contributed by atoms with van der Waals surface area (Å²) in [5, 5.41) is 6.08. The lowest BCUT2D eigenvalue weighted by Crippen LogP contribution is -2.13. The Bertz CT molecular complexity index is 821. The first-order valence-corrected chi connectivity index (χ1v) is 7.85. The first kappa shape index (κ1) is 15.2. The van der Waals surface area contributed by atoms with Gasteiger partial charge in [0.1, 0.15) is 5.69 Å². The fourth-order valence-corrected chi connectivity index (χ4v) is 2.48. The number of anilines is 3. The average Bonchev–Trinajstić information content (AvgIpc) is 2.56. The minimum atomic E-state index is -0.250. The molecule has 4 nitrogen and oxygen atoms in total. The molecule has 0 aliphatic carbocycles. The minimum absolute atomic E-state index is 0.250. The summed E-state index contributed by atoms with van der Waals surface area (Å²) < 4.78 is 0.905. The van der Waals surface area contributed by atoms with E-state index >= 15 is 0 Å². The lowest BCUT2D eigenvalue weighted by atomic mass is 10.2. The van der Waals surface area contributed by atoms with Gasteiger partial charge >= 0.3 is 0 Å². The molecule has 2 N–H and O–H groups in total. The maximum atomic E-state index is 12.3. The zero-order chi connectivity index (χ0) is 16.1. The Hall–Kier alpha value is -2.66. The van der Waals surface area contributed by atoms with Crippen LogP contribution in [-0.4, -0.2) is 10.9 Å². The highest BCUT2D eigenvalue weighted by molar-refractivity contribution is 9.10. The molecule has 1 amide bonds. The van der Waals surface area contributed by atoms with Crippen molar-refractivity contribution in [2.24, 2.45) is 0 Å². The molecule has 0 aliphatic rings. The molecule has 5 heteroatoms. The summed E-state index contributed by atoms with van der Waals surface area (Å²) in [4.78, 5) is 16.4. The second-order valence-electron chi connectivity index (χ2n) is 4.89. The highest BCUT2D eigenvalue weighted by atomic mass is 79.9. The molecular weight excluding hydrogens is 354 g/mol. The standard InChI is InChI=1S/C18H14BrN3O/c19-13-5-4-8-15(11-13)22-18(23)17-12-16(9-10-20-17)21-14-6-2-1-3-7-14/h1-12H,(H,20,21)(H,22,23). The van der Waals surface area contributed by atoms with Crippen LogP contribution in [0.4, 0.5) is 17.1 Å². The van der Waals surface area contributed by atoms with E-state index in [9.17, 15) is 4.79 Å². The normalized spacial score (nSPS) is 10.1. The van der Waals surface area contributed by atoms with E-state index in [0.717, 1.165) is 15.8 Å². The summed E-state index contributed by atoms with van der Waals surface area (Å²) in [5.41, 5.74) is 2.83. The number of carbonyl (C=O) groups is 1. The van der Waals surface area contributed by atoms with Crippen molar-refractivity contribution >= 4 is 38.9 Å². The van der Waals surface area contributed by atoms with E-state index in [4.69, 9.17) is 0 Å². The molecule has 3 aromatic rings. The summed E-state index contributed by atoms with van der Waals surface area (Å²) in [7, 11) is 0. The molecule has 0 radical (unpaired) electrons. The Morgan fingerprint density at radius 2 is 1.65 bits per heavy atom. The van der Waals surface area contributed by atoms with Gasteiger partial charge in [-0.1, -0.05) is 40.2 Å². The van der Waals surface area contributed by atoms with Gasteiger partial charge in [-0.2, -0.15) is 0 Å². The predicted octanol–water partition coefficient (Wildman–Crippen LogP) is 4.84. The summed E-state index contributed by atoms with van der Waals surface area (Å²) in [6, 6.07) is 20.7. The van der Waals surface area contributed by atoms with Crippen LogP contribution >= 0.6 is 15.9 Å². The van der Waals surface area contributed by atoms with Crippen molar-refractivity contribution in [3.8, 4) is 0 Å². The SMILES string of the molecule is O=C(Nc1cccc(Br)c1)c1cc(Nc2ccccc2)ccn1. The van der Waals surface area contributed by atoms with Crippen molar-refractivity contribution < 1.29 is 4.79 Å². The van der Waals surface area contributed by atoms with Gasteiger partial charge in [-0.25, -0.2) is 0 Å². The quantitative estimate of drug-likeness (QED) is 0.693. The Morgan fingerprint density at radius 3 is 2.43 bits per heavy atom. The molecule has 1 aromatic heterocycles. The molecule has 1 heterocycles. The molecule has 0 unspecified atom stereocenters. The van der Waals surface area contributed by atoms with Crippen LogP contribution < -0.4 is 10.6 Å². The summed E-state index contributed by atoms with van der Waals surface area (Å²) in [6.07, 6.45) is 1.61. The lowest BCUT2D eigenvalue weighted by molar-refractivity contribution is 0.102. The number of benzene rings is 2. The van der Waals surface area contributed by atoms with E-state index in [1.165, 1.54) is 0 Å². The third-order valence-corrected chi connectivity index (χ3v) is 3.63. The van der Waals surface area contributed by atoms with Gasteiger partial charge in [0, 0.05) is 27.7 Å². The highest BCUT2D eigenvalue weighted by Gasteiger charge is 2.09. The lowest BCUT2D eigenvalue weighted by Gasteiger charge is -2.08. The molecule has 0 fully saturated rings. The van der Waals surface area contributed by atoms with Crippen LogP contribution in [0.25, 0.3) is 0 Å². The number of hydrogen-bond donors (Lipinski definition) is 2. The predicted molar refractivity (Wildman–Crippen MR) is 96.1 cm³/mol. The van der Waals surface area contributed by atoms with Crippen molar-refractivity contribution in [2.75, 3.05) is 10.6 Å². The van der Waals surface area contributed by atoms with E-state index in [1.807, 2.05) is 60.7 Å². The molecule has 0 aliphatic heterocycles. The number of nitrogens with one attached hydrogen (secondary N) is 2. The fourth-order valence-electron chi connectivity index (χ4n) is 2.08. The van der Waals surface area contributed by atoms with E-state index in [2.05, 4.69) is 31.5 Å². The number of rotatable bonds is 4. The minimum Gasteiger partial charge on any atom is -0.355 e. The number of halogens is 1. The summed E-state index contributed by atoms with van der Waals surface area (Å²) >= 11 is 3.38. The largest absolute Gasteiger partial charge is 0.355 e. The molecule has 0 spiro atoms. The van der Waals surface area contributed by atoms with Gasteiger partial charge < -0.3 is 10.6 Å². The Morgan fingerprint density at radius 1 is 0.870 bits per heavy atom. The first-order valence-electron chi connectivity index (χ1n) is 7.06. The molecule has 0 bridgehead atoms. The van der Waals surface area contributed by atoms with Gasteiger partial charge in [0.15, 0.2) is 0 Å². The molecule has 0 saturated heterocycles. The molecule has 0 saturated carbocycles. The number of para-hydroxylation sites is 1. The third kappa shape index (κ3) is 4.17. The van der Waals surface area contributed by atoms with Crippen LogP contribution in [-0.2, 0) is 0 Å². The van der Waals surface area contributed by atoms with Crippen LogP contribution in [0.2, 0.25) is 0 Å². The number of aromatic nitrogens is 1. The summed E-state index contributed by atoms with van der Waals surface area (Å²) in [6.45, 7) is 0. The Balaban J connectivity index is 1.75. The van der Waals surface area contributed by atoms with Crippen LogP contribution in [0.1, 0.15) is 10.5 Å².